The standard InChI is InChI=1S/C12H18N4O3S/c1-3-10-16(9(7-20-10)11(17)18)12(19)14-8-5-13-15(4-2)6-8/h5-6,9-10H,3-4,7H2,1-2H3,(H,14,19)(H,17,18). The maximum atomic E-state index is 12.3. The molecule has 2 N–H and O–H groups in total. The fourth-order valence-electron chi connectivity index (χ4n) is 2.13. The molecule has 1 aromatic heterocycles. The van der Waals surface area contributed by atoms with Gasteiger partial charge in [0.15, 0.2) is 0 Å². The fourth-order valence-corrected chi connectivity index (χ4v) is 3.48. The highest BCUT2D eigenvalue weighted by Gasteiger charge is 2.40. The van der Waals surface area contributed by atoms with Crippen molar-refractivity contribution in [1.29, 1.82) is 0 Å². The molecule has 1 saturated heterocycles. The maximum absolute atomic E-state index is 12.3. The molecule has 7 nitrogen and oxygen atoms in total. The summed E-state index contributed by atoms with van der Waals surface area (Å²) in [6.07, 6.45) is 4.00. The Morgan fingerprint density at radius 1 is 1.55 bits per heavy atom. The molecule has 1 aliphatic rings. The van der Waals surface area contributed by atoms with Crippen molar-refractivity contribution < 1.29 is 14.7 Å². The lowest BCUT2D eigenvalue weighted by Crippen LogP contribution is -2.47. The van der Waals surface area contributed by atoms with Crippen LogP contribution in [0.15, 0.2) is 12.4 Å². The van der Waals surface area contributed by atoms with E-state index < -0.39 is 12.0 Å². The van der Waals surface area contributed by atoms with Crippen molar-refractivity contribution in [2.24, 2.45) is 0 Å². The van der Waals surface area contributed by atoms with Crippen molar-refractivity contribution in [2.45, 2.75) is 38.2 Å². The van der Waals surface area contributed by atoms with E-state index in [2.05, 4.69) is 10.4 Å². The van der Waals surface area contributed by atoms with Gasteiger partial charge in [0.25, 0.3) is 0 Å². The first kappa shape index (κ1) is 14.7. The van der Waals surface area contributed by atoms with Gasteiger partial charge in [-0.25, -0.2) is 9.59 Å². The Morgan fingerprint density at radius 2 is 2.30 bits per heavy atom. The normalized spacial score (nSPS) is 22.0. The topological polar surface area (TPSA) is 87.5 Å². The number of carbonyl (C=O) groups excluding carboxylic acids is 1. The summed E-state index contributed by atoms with van der Waals surface area (Å²) in [5.41, 5.74) is 0.577. The molecule has 1 fully saturated rings. The molecular weight excluding hydrogens is 280 g/mol. The summed E-state index contributed by atoms with van der Waals surface area (Å²) in [5.74, 6) is -0.539. The lowest BCUT2D eigenvalue weighted by molar-refractivity contribution is -0.141. The van der Waals surface area contributed by atoms with Crippen molar-refractivity contribution >= 4 is 29.4 Å². The molecule has 0 radical (unpaired) electrons. The van der Waals surface area contributed by atoms with Crippen LogP contribution in [0.4, 0.5) is 10.5 Å². The van der Waals surface area contributed by atoms with Crippen molar-refractivity contribution in [3.8, 4) is 0 Å². The van der Waals surface area contributed by atoms with Gasteiger partial charge in [-0.2, -0.15) is 5.10 Å². The van der Waals surface area contributed by atoms with Gasteiger partial charge in [0.2, 0.25) is 0 Å². The number of aromatic nitrogens is 2. The number of anilines is 1. The van der Waals surface area contributed by atoms with E-state index in [0.717, 1.165) is 6.42 Å². The second-order valence-electron chi connectivity index (χ2n) is 4.47. The number of amides is 2. The molecular formula is C12H18N4O3S. The summed E-state index contributed by atoms with van der Waals surface area (Å²) < 4.78 is 1.69. The van der Waals surface area contributed by atoms with Gasteiger partial charge in [-0.3, -0.25) is 9.58 Å². The van der Waals surface area contributed by atoms with Gasteiger partial charge in [-0.15, -0.1) is 11.8 Å². The first-order valence-electron chi connectivity index (χ1n) is 6.53. The van der Waals surface area contributed by atoms with Crippen LogP contribution in [0.1, 0.15) is 20.3 Å². The van der Waals surface area contributed by atoms with Gasteiger partial charge in [-0.1, -0.05) is 6.92 Å². The molecule has 0 saturated carbocycles. The summed E-state index contributed by atoms with van der Waals surface area (Å²) in [7, 11) is 0. The van der Waals surface area contributed by atoms with Crippen LogP contribution in [0.25, 0.3) is 0 Å². The van der Waals surface area contributed by atoms with Crippen LogP contribution >= 0.6 is 11.8 Å². The van der Waals surface area contributed by atoms with Crippen LogP contribution in [-0.4, -0.2) is 49.0 Å². The maximum Gasteiger partial charge on any atom is 0.327 e. The van der Waals surface area contributed by atoms with Crippen molar-refractivity contribution in [3.05, 3.63) is 12.4 Å². The number of urea groups is 1. The highest BCUT2D eigenvalue weighted by Crippen LogP contribution is 2.31. The molecule has 0 aliphatic carbocycles. The number of hydrogen-bond acceptors (Lipinski definition) is 4. The van der Waals surface area contributed by atoms with Gasteiger partial charge in [-0.05, 0) is 13.3 Å². The number of hydrogen-bond donors (Lipinski definition) is 2. The van der Waals surface area contributed by atoms with E-state index in [9.17, 15) is 14.7 Å². The number of carboxylic acids is 1. The molecule has 2 unspecified atom stereocenters. The van der Waals surface area contributed by atoms with E-state index in [0.29, 0.717) is 18.0 Å². The molecule has 0 bridgehead atoms. The largest absolute Gasteiger partial charge is 0.480 e. The van der Waals surface area contributed by atoms with Crippen LogP contribution < -0.4 is 5.32 Å². The Hall–Kier alpha value is -1.70. The van der Waals surface area contributed by atoms with Gasteiger partial charge < -0.3 is 10.4 Å². The van der Waals surface area contributed by atoms with Crippen LogP contribution in [-0.2, 0) is 11.3 Å². The third kappa shape index (κ3) is 2.90. The minimum Gasteiger partial charge on any atom is -0.480 e. The molecule has 0 spiro atoms. The Labute approximate surface area is 121 Å². The second-order valence-corrected chi connectivity index (χ2v) is 5.68. The van der Waals surface area contributed by atoms with E-state index in [1.165, 1.54) is 16.7 Å². The number of nitrogens with zero attached hydrogens (tertiary/aromatic N) is 3. The number of carbonyl (C=O) groups is 2. The Bertz CT molecular complexity index is 505. The van der Waals surface area contributed by atoms with Gasteiger partial charge in [0.05, 0.1) is 17.3 Å². The van der Waals surface area contributed by atoms with Gasteiger partial charge in [0.1, 0.15) is 6.04 Å². The predicted octanol–water partition coefficient (Wildman–Crippen LogP) is 1.67. The molecule has 2 heterocycles. The fraction of sp³-hybridized carbons (Fsp3) is 0.583. The van der Waals surface area contributed by atoms with Crippen molar-refractivity contribution in [1.82, 2.24) is 14.7 Å². The smallest absolute Gasteiger partial charge is 0.327 e. The predicted molar refractivity (Wildman–Crippen MR) is 76.7 cm³/mol. The summed E-state index contributed by atoms with van der Waals surface area (Å²) in [6, 6.07) is -1.16. The third-order valence-electron chi connectivity index (χ3n) is 3.17. The Morgan fingerprint density at radius 3 is 2.85 bits per heavy atom. The molecule has 8 heteroatoms. The summed E-state index contributed by atoms with van der Waals surface area (Å²) in [6.45, 7) is 4.60. The molecule has 2 atom stereocenters. The Balaban J connectivity index is 2.10. The van der Waals surface area contributed by atoms with Crippen LogP contribution in [0.2, 0.25) is 0 Å². The zero-order chi connectivity index (χ0) is 14.7. The molecule has 110 valence electrons. The quantitative estimate of drug-likeness (QED) is 0.883. The lowest BCUT2D eigenvalue weighted by Gasteiger charge is -2.26. The highest BCUT2D eigenvalue weighted by molar-refractivity contribution is 8.00. The average Bonchev–Trinajstić information content (AvgIpc) is 3.03. The number of rotatable bonds is 4. The first-order valence-corrected chi connectivity index (χ1v) is 7.57. The zero-order valence-electron chi connectivity index (χ0n) is 11.4. The van der Waals surface area contributed by atoms with E-state index >= 15 is 0 Å². The monoisotopic (exact) mass is 298 g/mol. The third-order valence-corrected chi connectivity index (χ3v) is 4.62. The lowest BCUT2D eigenvalue weighted by atomic mass is 10.3. The number of aryl methyl sites for hydroxylation is 1. The molecule has 2 amide bonds. The van der Waals surface area contributed by atoms with E-state index in [1.54, 1.807) is 17.1 Å². The number of carboxylic acid groups (broad SMARTS) is 1. The number of nitrogens with one attached hydrogen (secondary N) is 1. The van der Waals surface area contributed by atoms with Crippen molar-refractivity contribution in [3.63, 3.8) is 0 Å². The summed E-state index contributed by atoms with van der Waals surface area (Å²) >= 11 is 1.50. The molecule has 1 aromatic rings. The highest BCUT2D eigenvalue weighted by atomic mass is 32.2. The van der Waals surface area contributed by atoms with E-state index in [4.69, 9.17) is 0 Å². The minimum atomic E-state index is -0.965. The summed E-state index contributed by atoms with van der Waals surface area (Å²) in [5, 5.41) is 15.9. The van der Waals surface area contributed by atoms with Crippen LogP contribution in [0.5, 0.6) is 0 Å². The van der Waals surface area contributed by atoms with E-state index in [-0.39, 0.29) is 11.4 Å². The number of aliphatic carboxylic acids is 1. The van der Waals surface area contributed by atoms with Crippen molar-refractivity contribution in [2.75, 3.05) is 11.1 Å². The average molecular weight is 298 g/mol. The minimum absolute atomic E-state index is 0.0997. The SMILES string of the molecule is CCC1SCC(C(=O)O)N1C(=O)Nc1cnn(CC)c1. The molecule has 0 aromatic carbocycles. The molecule has 2 rings (SSSR count). The second kappa shape index (κ2) is 6.17. The Kier molecular flexibility index (Phi) is 4.53. The van der Waals surface area contributed by atoms with Crippen LogP contribution in [0.3, 0.4) is 0 Å². The zero-order valence-corrected chi connectivity index (χ0v) is 12.3. The van der Waals surface area contributed by atoms with Gasteiger partial charge >= 0.3 is 12.0 Å². The number of thioether (sulfide) groups is 1. The van der Waals surface area contributed by atoms with Crippen LogP contribution in [0, 0.1) is 0 Å². The summed E-state index contributed by atoms with van der Waals surface area (Å²) in [4.78, 5) is 24.9. The van der Waals surface area contributed by atoms with E-state index in [1.807, 2.05) is 13.8 Å². The molecule has 1 aliphatic heterocycles. The van der Waals surface area contributed by atoms with Gasteiger partial charge in [0, 0.05) is 18.5 Å². The molecule has 20 heavy (non-hydrogen) atoms. The first-order chi connectivity index (χ1) is 9.56.